The van der Waals surface area contributed by atoms with Crippen LogP contribution in [0, 0.1) is 22.7 Å². The predicted octanol–water partition coefficient (Wildman–Crippen LogP) is 6.88. The summed E-state index contributed by atoms with van der Waals surface area (Å²) in [7, 11) is 0. The molecule has 1 nitrogen and oxygen atoms in total. The molecule has 0 aromatic carbocycles. The summed E-state index contributed by atoms with van der Waals surface area (Å²) in [6.45, 7) is 15.9. The van der Waals surface area contributed by atoms with Gasteiger partial charge in [0, 0.05) is 6.42 Å². The van der Waals surface area contributed by atoms with Gasteiger partial charge < -0.3 is 4.79 Å². The molecule has 0 spiro atoms. The van der Waals surface area contributed by atoms with E-state index in [1.165, 1.54) is 49.7 Å². The van der Waals surface area contributed by atoms with Crippen molar-refractivity contribution in [3.8, 4) is 0 Å². The van der Waals surface area contributed by atoms with Crippen molar-refractivity contribution < 1.29 is 4.79 Å². The summed E-state index contributed by atoms with van der Waals surface area (Å²) >= 11 is 0. The summed E-state index contributed by atoms with van der Waals surface area (Å²) in [6, 6.07) is 0. The second-order valence-electron chi connectivity index (χ2n) is 9.48. The molecule has 0 radical (unpaired) electrons. The van der Waals surface area contributed by atoms with E-state index in [-0.39, 0.29) is 0 Å². The molecule has 0 aromatic rings. The Morgan fingerprint density at radius 1 is 1.21 bits per heavy atom. The van der Waals surface area contributed by atoms with E-state index in [0.717, 1.165) is 18.8 Å². The van der Waals surface area contributed by atoms with Crippen LogP contribution in [0.1, 0.15) is 92.4 Å². The van der Waals surface area contributed by atoms with Crippen LogP contribution in [0.2, 0.25) is 0 Å². The van der Waals surface area contributed by atoms with E-state index in [2.05, 4.69) is 40.3 Å². The third kappa shape index (κ3) is 4.21. The first-order valence-corrected chi connectivity index (χ1v) is 9.99. The van der Waals surface area contributed by atoms with E-state index in [1.807, 2.05) is 0 Å². The minimum atomic E-state index is 0.291. The van der Waals surface area contributed by atoms with Gasteiger partial charge in [0.2, 0.25) is 0 Å². The van der Waals surface area contributed by atoms with Gasteiger partial charge in [-0.3, -0.25) is 0 Å². The largest absolute Gasteiger partial charge is 0.300 e. The van der Waals surface area contributed by atoms with Crippen molar-refractivity contribution >= 4 is 5.78 Å². The molecule has 2 aliphatic carbocycles. The van der Waals surface area contributed by atoms with E-state index in [9.17, 15) is 4.79 Å². The van der Waals surface area contributed by atoms with Crippen LogP contribution in [0.5, 0.6) is 0 Å². The minimum absolute atomic E-state index is 0.291. The van der Waals surface area contributed by atoms with Crippen LogP contribution in [-0.4, -0.2) is 5.78 Å². The molecule has 0 saturated heterocycles. The summed E-state index contributed by atoms with van der Waals surface area (Å²) in [5.74, 6) is 1.81. The van der Waals surface area contributed by atoms with Crippen LogP contribution in [-0.2, 0) is 4.79 Å². The molecule has 0 bridgehead atoms. The molecule has 0 amide bonds. The Labute approximate surface area is 150 Å². The van der Waals surface area contributed by atoms with Gasteiger partial charge in [0.15, 0.2) is 0 Å². The van der Waals surface area contributed by atoms with Gasteiger partial charge in [0.25, 0.3) is 0 Å². The van der Waals surface area contributed by atoms with Crippen molar-refractivity contribution in [3.63, 3.8) is 0 Å². The van der Waals surface area contributed by atoms with Crippen LogP contribution in [0.3, 0.4) is 0 Å². The Bertz CT molecular complexity index is 510. The van der Waals surface area contributed by atoms with E-state index < -0.39 is 0 Å². The molecule has 3 atom stereocenters. The SMILES string of the molecule is C=C1CC[C@H]2C(C)(C)CCC[C@@]2(C)[C@H]1CCC(C)=CCCC(C)=O. The number of allylic oxidation sites excluding steroid dienone is 3. The van der Waals surface area contributed by atoms with Crippen molar-refractivity contribution in [2.75, 3.05) is 0 Å². The van der Waals surface area contributed by atoms with Gasteiger partial charge in [-0.05, 0) is 81.5 Å². The highest BCUT2D eigenvalue weighted by atomic mass is 16.1. The number of hydrogen-bond acceptors (Lipinski definition) is 1. The van der Waals surface area contributed by atoms with Crippen LogP contribution in [0.4, 0.5) is 0 Å². The summed E-state index contributed by atoms with van der Waals surface area (Å²) in [4.78, 5) is 11.1. The lowest BCUT2D eigenvalue weighted by Crippen LogP contribution is -2.49. The van der Waals surface area contributed by atoms with Crippen molar-refractivity contribution in [1.82, 2.24) is 0 Å². The molecule has 1 heteroatoms. The number of carbonyl (C=O) groups is 1. The summed E-state index contributed by atoms with van der Waals surface area (Å²) < 4.78 is 0. The highest BCUT2D eigenvalue weighted by Gasteiger charge is 2.52. The van der Waals surface area contributed by atoms with Crippen LogP contribution >= 0.6 is 0 Å². The Balaban J connectivity index is 2.04. The standard InChI is InChI=1S/C23H38O/c1-17(9-7-10-19(3)24)11-13-20-18(2)12-14-21-22(4,5)15-8-16-23(20,21)6/h9,20-21H,2,7-8,10-16H2,1,3-6H3/t20-,21-,23-/m0/s1. The molecule has 0 N–H and O–H groups in total. The average Bonchev–Trinajstić information content (AvgIpc) is 2.45. The normalized spacial score (nSPS) is 33.2. The number of Topliss-reactive ketones (excluding diaryl/α,β-unsaturated/α-hetero) is 1. The minimum Gasteiger partial charge on any atom is -0.300 e. The van der Waals surface area contributed by atoms with Crippen molar-refractivity contribution in [2.24, 2.45) is 22.7 Å². The zero-order valence-electron chi connectivity index (χ0n) is 16.7. The van der Waals surface area contributed by atoms with E-state index in [1.54, 1.807) is 6.92 Å². The quantitative estimate of drug-likeness (QED) is 0.485. The van der Waals surface area contributed by atoms with Gasteiger partial charge >= 0.3 is 0 Å². The first-order valence-electron chi connectivity index (χ1n) is 9.99. The van der Waals surface area contributed by atoms with Gasteiger partial charge in [0.05, 0.1) is 0 Å². The van der Waals surface area contributed by atoms with Gasteiger partial charge in [0.1, 0.15) is 5.78 Å². The zero-order chi connectivity index (χ0) is 18.0. The predicted molar refractivity (Wildman–Crippen MR) is 104 cm³/mol. The first kappa shape index (κ1) is 19.5. The fraction of sp³-hybridized carbons (Fsp3) is 0.783. The molecule has 2 saturated carbocycles. The first-order chi connectivity index (χ1) is 11.2. The Hall–Kier alpha value is -0.850. The lowest BCUT2D eigenvalue weighted by molar-refractivity contribution is -0.116. The molecule has 2 rings (SSSR count). The summed E-state index contributed by atoms with van der Waals surface area (Å²) in [6.07, 6.45) is 13.0. The van der Waals surface area contributed by atoms with Gasteiger partial charge in [-0.2, -0.15) is 0 Å². The number of fused-ring (bicyclic) bond motifs is 1. The van der Waals surface area contributed by atoms with Crippen molar-refractivity contribution in [2.45, 2.75) is 92.4 Å². The third-order valence-corrected chi connectivity index (χ3v) is 7.14. The van der Waals surface area contributed by atoms with Crippen molar-refractivity contribution in [1.29, 1.82) is 0 Å². The maximum Gasteiger partial charge on any atom is 0.130 e. The molecule has 0 heterocycles. The molecular formula is C23H38O. The molecule has 24 heavy (non-hydrogen) atoms. The molecule has 2 fully saturated rings. The smallest absolute Gasteiger partial charge is 0.130 e. The van der Waals surface area contributed by atoms with Crippen LogP contribution in [0.15, 0.2) is 23.8 Å². The maximum absolute atomic E-state index is 11.1. The second-order valence-corrected chi connectivity index (χ2v) is 9.48. The van der Waals surface area contributed by atoms with E-state index in [0.29, 0.717) is 29.0 Å². The topological polar surface area (TPSA) is 17.1 Å². The molecule has 0 aliphatic heterocycles. The van der Waals surface area contributed by atoms with Crippen LogP contribution < -0.4 is 0 Å². The molecular weight excluding hydrogens is 292 g/mol. The Kier molecular flexibility index (Phi) is 6.15. The molecule has 2 aliphatic rings. The molecule has 136 valence electrons. The monoisotopic (exact) mass is 330 g/mol. The van der Waals surface area contributed by atoms with Crippen LogP contribution in [0.25, 0.3) is 0 Å². The summed E-state index contributed by atoms with van der Waals surface area (Å²) in [5.41, 5.74) is 3.88. The maximum atomic E-state index is 11.1. The highest BCUT2D eigenvalue weighted by molar-refractivity contribution is 5.75. The lowest BCUT2D eigenvalue weighted by Gasteiger charge is -2.58. The van der Waals surface area contributed by atoms with Gasteiger partial charge in [-0.15, -0.1) is 0 Å². The van der Waals surface area contributed by atoms with E-state index in [4.69, 9.17) is 0 Å². The number of ketones is 1. The van der Waals surface area contributed by atoms with E-state index >= 15 is 0 Å². The van der Waals surface area contributed by atoms with Gasteiger partial charge in [-0.25, -0.2) is 0 Å². The average molecular weight is 331 g/mol. The highest BCUT2D eigenvalue weighted by Crippen LogP contribution is 2.61. The molecule has 0 unspecified atom stereocenters. The number of rotatable bonds is 6. The Morgan fingerprint density at radius 3 is 2.58 bits per heavy atom. The zero-order valence-corrected chi connectivity index (χ0v) is 16.7. The fourth-order valence-electron chi connectivity index (χ4n) is 5.80. The lowest BCUT2D eigenvalue weighted by atomic mass is 9.47. The van der Waals surface area contributed by atoms with Crippen molar-refractivity contribution in [3.05, 3.63) is 23.8 Å². The fourth-order valence-corrected chi connectivity index (χ4v) is 5.80. The third-order valence-electron chi connectivity index (χ3n) is 7.14. The van der Waals surface area contributed by atoms with Gasteiger partial charge in [-0.1, -0.05) is 51.0 Å². The summed E-state index contributed by atoms with van der Waals surface area (Å²) in [5, 5.41) is 0. The molecule has 0 aromatic heterocycles. The second kappa shape index (κ2) is 7.58. The number of hydrogen-bond donors (Lipinski definition) is 0. The number of carbonyl (C=O) groups excluding carboxylic acids is 1. The Morgan fingerprint density at radius 2 is 1.92 bits per heavy atom.